The molecule has 0 spiro atoms. The molecule has 1 aromatic carbocycles. The van der Waals surface area contributed by atoms with Crippen molar-refractivity contribution in [3.8, 4) is 11.5 Å². The number of nitrogens with zero attached hydrogens (tertiary/aromatic N) is 1. The zero-order chi connectivity index (χ0) is 28.6. The first kappa shape index (κ1) is 28.9. The van der Waals surface area contributed by atoms with Gasteiger partial charge in [0, 0.05) is 22.8 Å². The van der Waals surface area contributed by atoms with Crippen LogP contribution < -0.4 is 20.1 Å². The van der Waals surface area contributed by atoms with Crippen molar-refractivity contribution in [2.75, 3.05) is 36.4 Å². The molecule has 13 heteroatoms. The Morgan fingerprint density at radius 3 is 2.60 bits per heavy atom. The Morgan fingerprint density at radius 2 is 1.82 bits per heavy atom. The van der Waals surface area contributed by atoms with Gasteiger partial charge in [-0.3, -0.25) is 9.59 Å². The van der Waals surface area contributed by atoms with E-state index in [1.54, 1.807) is 38.1 Å². The van der Waals surface area contributed by atoms with Crippen LogP contribution in [0.2, 0.25) is 0 Å². The van der Waals surface area contributed by atoms with Crippen LogP contribution in [0.3, 0.4) is 0 Å². The van der Waals surface area contributed by atoms with Gasteiger partial charge in [0.05, 0.1) is 23.5 Å². The highest BCUT2D eigenvalue weighted by atomic mass is 32.2. The Bertz CT molecular complexity index is 1440. The molecule has 2 aromatic heterocycles. The maximum Gasteiger partial charge on any atom is 0.341 e. The zero-order valence-corrected chi connectivity index (χ0v) is 23.7. The second-order valence-corrected chi connectivity index (χ2v) is 10.4. The molecule has 0 bridgehead atoms. The molecule has 3 aromatic rings. The molecular weight excluding hydrogens is 558 g/mol. The molecule has 3 heterocycles. The molecule has 0 radical (unpaired) electrons. The molecule has 0 aliphatic carbocycles. The van der Waals surface area contributed by atoms with Crippen molar-refractivity contribution in [2.24, 2.45) is 0 Å². The number of pyridine rings is 1. The lowest BCUT2D eigenvalue weighted by Crippen LogP contribution is -2.22. The van der Waals surface area contributed by atoms with Gasteiger partial charge < -0.3 is 29.6 Å². The highest BCUT2D eigenvalue weighted by Crippen LogP contribution is 2.35. The van der Waals surface area contributed by atoms with Gasteiger partial charge in [-0.2, -0.15) is 0 Å². The molecule has 0 atom stereocenters. The molecule has 0 saturated carbocycles. The topological polar surface area (TPSA) is 142 Å². The number of fused-ring (bicyclic) bond motifs is 1. The first-order valence-corrected chi connectivity index (χ1v) is 14.1. The number of benzene rings is 1. The lowest BCUT2D eigenvalue weighted by atomic mass is 10.1. The Hall–Kier alpha value is -4.10. The van der Waals surface area contributed by atoms with Crippen LogP contribution in [0.4, 0.5) is 10.7 Å². The van der Waals surface area contributed by atoms with Gasteiger partial charge in [-0.15, -0.1) is 11.3 Å². The Labute approximate surface area is 238 Å². The van der Waals surface area contributed by atoms with E-state index in [0.29, 0.717) is 34.2 Å². The summed E-state index contributed by atoms with van der Waals surface area (Å²) in [6, 6.07) is 8.12. The summed E-state index contributed by atoms with van der Waals surface area (Å²) in [5, 5.41) is 6.04. The van der Waals surface area contributed by atoms with E-state index in [9.17, 15) is 19.2 Å². The first-order valence-electron chi connectivity index (χ1n) is 12.3. The van der Waals surface area contributed by atoms with Crippen molar-refractivity contribution in [1.82, 2.24) is 4.98 Å². The summed E-state index contributed by atoms with van der Waals surface area (Å²) >= 11 is 2.33. The highest BCUT2D eigenvalue weighted by Gasteiger charge is 2.24. The fourth-order valence-electron chi connectivity index (χ4n) is 3.77. The van der Waals surface area contributed by atoms with Crippen molar-refractivity contribution < 1.29 is 38.1 Å². The lowest BCUT2D eigenvalue weighted by molar-refractivity contribution is -0.119. The maximum absolute atomic E-state index is 12.8. The van der Waals surface area contributed by atoms with Crippen molar-refractivity contribution >= 4 is 57.5 Å². The van der Waals surface area contributed by atoms with Crippen molar-refractivity contribution in [3.05, 3.63) is 58.1 Å². The Morgan fingerprint density at radius 1 is 1.02 bits per heavy atom. The average Bonchev–Trinajstić information content (AvgIpc) is 3.54. The molecule has 40 heavy (non-hydrogen) atoms. The lowest BCUT2D eigenvalue weighted by Gasteiger charge is -2.10. The minimum Gasteiger partial charge on any atom is -0.462 e. The summed E-state index contributed by atoms with van der Waals surface area (Å²) < 4.78 is 20.9. The summed E-state index contributed by atoms with van der Waals surface area (Å²) in [7, 11) is 0. The van der Waals surface area contributed by atoms with Crippen LogP contribution in [-0.2, 0) is 25.5 Å². The average molecular weight is 586 g/mol. The number of carbonyl (C=O) groups is 4. The third-order valence-electron chi connectivity index (χ3n) is 5.62. The number of hydrogen-bond acceptors (Lipinski definition) is 11. The first-order chi connectivity index (χ1) is 19.3. The number of thioether (sulfide) groups is 1. The standard InChI is InChI=1S/C27H27N3O8S2/c1-4-20-15(3)23(27(34)35-5-2)25(40-20)30-21(31)12-36-26(33)17-7-6-10-28-24(17)39-13-22(32)29-16-8-9-18-19(11-16)38-14-37-18/h6-11H,4-5,12-14H2,1-3H3,(H,29,32)(H,30,31). The molecule has 1 aliphatic rings. The highest BCUT2D eigenvalue weighted by molar-refractivity contribution is 8.00. The smallest absolute Gasteiger partial charge is 0.341 e. The van der Waals surface area contributed by atoms with Gasteiger partial charge in [-0.05, 0) is 50.1 Å². The third kappa shape index (κ3) is 6.90. The fourth-order valence-corrected chi connectivity index (χ4v) is 5.70. The fraction of sp³-hybridized carbons (Fsp3) is 0.296. The molecule has 2 amide bonds. The second kappa shape index (κ2) is 13.3. The van der Waals surface area contributed by atoms with E-state index >= 15 is 0 Å². The minimum absolute atomic E-state index is 0.0274. The van der Waals surface area contributed by atoms with Crippen molar-refractivity contribution in [1.29, 1.82) is 0 Å². The van der Waals surface area contributed by atoms with Crippen LogP contribution in [0.15, 0.2) is 41.6 Å². The van der Waals surface area contributed by atoms with Crippen LogP contribution in [0, 0.1) is 6.92 Å². The number of thiophene rings is 1. The third-order valence-corrected chi connectivity index (χ3v) is 7.98. The maximum atomic E-state index is 12.8. The molecule has 0 fully saturated rings. The number of rotatable bonds is 11. The molecule has 0 saturated heterocycles. The predicted octanol–water partition coefficient (Wildman–Crippen LogP) is 4.45. The summed E-state index contributed by atoms with van der Waals surface area (Å²) in [6.07, 6.45) is 2.17. The summed E-state index contributed by atoms with van der Waals surface area (Å²) in [5.41, 5.74) is 1.70. The molecule has 4 rings (SSSR count). The Balaban J connectivity index is 1.33. The summed E-state index contributed by atoms with van der Waals surface area (Å²) in [5.74, 6) is -1.10. The van der Waals surface area contributed by atoms with Gasteiger partial charge in [0.2, 0.25) is 12.7 Å². The number of hydrogen-bond donors (Lipinski definition) is 2. The number of amides is 2. The second-order valence-electron chi connectivity index (χ2n) is 8.31. The van der Waals surface area contributed by atoms with Crippen LogP contribution in [0.5, 0.6) is 11.5 Å². The van der Waals surface area contributed by atoms with E-state index in [1.807, 2.05) is 6.92 Å². The number of anilines is 2. The van der Waals surface area contributed by atoms with Crippen molar-refractivity contribution in [3.63, 3.8) is 0 Å². The van der Waals surface area contributed by atoms with Gasteiger partial charge in [-0.1, -0.05) is 18.7 Å². The monoisotopic (exact) mass is 585 g/mol. The summed E-state index contributed by atoms with van der Waals surface area (Å²) in [6.45, 7) is 5.20. The van der Waals surface area contributed by atoms with Crippen molar-refractivity contribution in [2.45, 2.75) is 32.2 Å². The number of aromatic nitrogens is 1. The molecule has 210 valence electrons. The zero-order valence-electron chi connectivity index (χ0n) is 22.0. The largest absolute Gasteiger partial charge is 0.462 e. The number of ether oxygens (including phenoxy) is 4. The molecule has 11 nitrogen and oxygen atoms in total. The van der Waals surface area contributed by atoms with Gasteiger partial charge in [-0.25, -0.2) is 14.6 Å². The van der Waals surface area contributed by atoms with Gasteiger partial charge >= 0.3 is 11.9 Å². The number of esters is 2. The predicted molar refractivity (Wildman–Crippen MR) is 149 cm³/mol. The number of carbonyl (C=O) groups excluding carboxylic acids is 4. The quantitative estimate of drug-likeness (QED) is 0.245. The van der Waals surface area contributed by atoms with E-state index in [4.69, 9.17) is 18.9 Å². The number of nitrogens with one attached hydrogen (secondary N) is 2. The molecule has 0 unspecified atom stereocenters. The van der Waals surface area contributed by atoms with Gasteiger partial charge in [0.1, 0.15) is 10.0 Å². The van der Waals surface area contributed by atoms with Crippen LogP contribution >= 0.6 is 23.1 Å². The van der Waals surface area contributed by atoms with E-state index in [2.05, 4.69) is 15.6 Å². The molecular formula is C27H27N3O8S2. The van der Waals surface area contributed by atoms with E-state index < -0.39 is 24.5 Å². The van der Waals surface area contributed by atoms with Gasteiger partial charge in [0.15, 0.2) is 18.1 Å². The van der Waals surface area contributed by atoms with Crippen LogP contribution in [0.1, 0.15) is 45.0 Å². The Kier molecular flexibility index (Phi) is 9.61. The SMILES string of the molecule is CCOC(=O)c1c(NC(=O)COC(=O)c2cccnc2SCC(=O)Nc2ccc3c(c2)OCO3)sc(CC)c1C. The summed E-state index contributed by atoms with van der Waals surface area (Å²) in [4.78, 5) is 55.4. The molecule has 2 N–H and O–H groups in total. The van der Waals surface area contributed by atoms with Crippen LogP contribution in [0.25, 0.3) is 0 Å². The van der Waals surface area contributed by atoms with E-state index in [-0.39, 0.29) is 35.6 Å². The number of aryl methyl sites for hydroxylation is 1. The normalized spacial score (nSPS) is 11.6. The van der Waals surface area contributed by atoms with E-state index in [0.717, 1.165) is 22.2 Å². The minimum atomic E-state index is -0.774. The molecule has 1 aliphatic heterocycles. The van der Waals surface area contributed by atoms with Crippen LogP contribution in [-0.4, -0.2) is 54.5 Å². The van der Waals surface area contributed by atoms with Gasteiger partial charge in [0.25, 0.3) is 5.91 Å². The van der Waals surface area contributed by atoms with E-state index in [1.165, 1.54) is 23.6 Å².